The molecule has 0 radical (unpaired) electrons. The minimum Gasteiger partial charge on any atom is -0.756 e. The summed E-state index contributed by atoms with van der Waals surface area (Å²) in [6.45, 7) is -14.5. The van der Waals surface area contributed by atoms with Gasteiger partial charge in [0.25, 0.3) is 39.1 Å². The minimum absolute atomic E-state index is 0. The molecule has 0 aromatic heterocycles. The molecule has 1 fully saturated rings. The molecule has 0 spiro atoms. The van der Waals surface area contributed by atoms with Gasteiger partial charge in [-0.05, 0) is 19.4 Å². The number of phosphoric acid groups is 6. The van der Waals surface area contributed by atoms with Crippen LogP contribution < -0.4 is 178 Å². The summed E-state index contributed by atoms with van der Waals surface area (Å²) in [6.07, 6.45) is -18.5. The van der Waals surface area contributed by atoms with Crippen molar-refractivity contribution >= 4 is 46.9 Å². The van der Waals surface area contributed by atoms with Gasteiger partial charge in [0.15, 0.2) is 6.29 Å². The normalized spacial score (nSPS) is 24.5. The second kappa shape index (κ2) is 47.1. The molecule has 6 unspecified atom stereocenters. The molecule has 1 saturated heterocycles. The van der Waals surface area contributed by atoms with Crippen molar-refractivity contribution in [1.29, 1.82) is 0 Å². The molecule has 1 aliphatic rings. The zero-order chi connectivity index (χ0) is 55.7. The maximum atomic E-state index is 12.5. The van der Waals surface area contributed by atoms with Crippen LogP contribution in [0.1, 0.15) is 25.7 Å². The smallest absolute Gasteiger partial charge is 0.756 e. The van der Waals surface area contributed by atoms with Gasteiger partial charge in [-0.25, -0.2) is 4.57 Å². The Morgan fingerprint density at radius 3 is 1.06 bits per heavy atom. The average Bonchev–Trinajstić information content (AvgIpc) is 3.32. The van der Waals surface area contributed by atoms with Crippen molar-refractivity contribution in [3.8, 4) is 0 Å². The van der Waals surface area contributed by atoms with Crippen molar-refractivity contribution in [3.63, 3.8) is 0 Å². The van der Waals surface area contributed by atoms with Gasteiger partial charge in [0.2, 0.25) is 0 Å². The third-order valence-electron chi connectivity index (χ3n) is 8.41. The fourth-order valence-electron chi connectivity index (χ4n) is 4.69. The summed E-state index contributed by atoms with van der Waals surface area (Å²) in [5, 5.41) is 97.1. The van der Waals surface area contributed by atoms with E-state index in [4.69, 9.17) is 34.5 Å². The van der Waals surface area contributed by atoms with Crippen LogP contribution in [-0.2, 0) is 91.1 Å². The number of ether oxygens (including phenoxy) is 2. The molecule has 1 rings (SSSR count). The monoisotopic (exact) mass is 1310 g/mol. The summed E-state index contributed by atoms with van der Waals surface area (Å²) in [5.74, 6) is 0. The van der Waals surface area contributed by atoms with Crippen molar-refractivity contribution < 1.29 is 319 Å². The first-order valence-electron chi connectivity index (χ1n) is 21.1. The van der Waals surface area contributed by atoms with Crippen LogP contribution in [-0.4, -0.2) is 222 Å². The van der Waals surface area contributed by atoms with E-state index >= 15 is 0 Å². The fraction of sp³-hybridized carbons (Fsp3) is 1.00. The van der Waals surface area contributed by atoms with Gasteiger partial charge in [-0.2, -0.15) is 0 Å². The van der Waals surface area contributed by atoms with Crippen molar-refractivity contribution in [2.75, 3.05) is 99.0 Å². The predicted molar refractivity (Wildman–Crippen MR) is 223 cm³/mol. The largest absolute Gasteiger partial charge is 1.00 e. The summed E-state index contributed by atoms with van der Waals surface area (Å²) in [7, 11) is -31.8. The third-order valence-corrected chi connectivity index (χ3v) is 14.0. The Morgan fingerprint density at radius 1 is 0.436 bits per heavy atom. The minimum atomic E-state index is -5.53. The van der Waals surface area contributed by atoms with Crippen molar-refractivity contribution in [1.82, 2.24) is 0 Å². The number of aliphatic hydroxyl groups is 10. The molecule has 37 nitrogen and oxygen atoms in total. The molecular weight excluding hydrogens is 1250 g/mol. The number of unbranched alkanes of at least 4 members (excludes halogenated alkanes) is 3. The Morgan fingerprint density at radius 2 is 0.744 bits per heavy atom. The molecule has 0 aliphatic carbocycles. The number of aliphatic hydroxyl groups excluding tert-OH is 10. The maximum absolute atomic E-state index is 12.5. The van der Waals surface area contributed by atoms with Crippen molar-refractivity contribution in [3.05, 3.63) is 0 Å². The Bertz CT molecular complexity index is 1850. The van der Waals surface area contributed by atoms with Crippen LogP contribution in [0.15, 0.2) is 0 Å². The van der Waals surface area contributed by atoms with Crippen LogP contribution in [0, 0.1) is 0 Å². The number of nitrogens with two attached hydrogens (primary N) is 1. The zero-order valence-corrected chi connectivity index (χ0v) is 58.5. The number of hydrogen-bond donors (Lipinski definition) is 12. The Kier molecular flexibility index (Phi) is 55.5. The molecule has 0 bridgehead atoms. The number of phosphoric ester groups is 6. The quantitative estimate of drug-likeness (QED) is 0.0153. The number of hydrogen-bond acceptors (Lipinski definition) is 36. The molecule has 438 valence electrons. The topological polar surface area (TPSA) is 595 Å². The van der Waals surface area contributed by atoms with E-state index in [0.717, 1.165) is 0 Å². The molecule has 1 aliphatic heterocycles. The second-order valence-corrected chi connectivity index (χ2v) is 23.4. The fourth-order valence-corrected chi connectivity index (χ4v) is 9.39. The molecule has 0 aromatic carbocycles. The van der Waals surface area contributed by atoms with Crippen LogP contribution in [0.3, 0.4) is 0 Å². The summed E-state index contributed by atoms with van der Waals surface area (Å²) >= 11 is 0. The molecule has 0 aromatic rings. The van der Waals surface area contributed by atoms with E-state index in [1.54, 1.807) is 0 Å². The first-order chi connectivity index (χ1) is 33.8. The van der Waals surface area contributed by atoms with E-state index in [1.165, 1.54) is 0 Å². The first kappa shape index (κ1) is 91.9. The average molecular weight is 1310 g/mol. The summed E-state index contributed by atoms with van der Waals surface area (Å²) in [4.78, 5) is 70.1. The van der Waals surface area contributed by atoms with Gasteiger partial charge in [0.05, 0.1) is 92.5 Å². The van der Waals surface area contributed by atoms with Crippen LogP contribution in [0.5, 0.6) is 0 Å². The SMILES string of the molecule is NCCCCCCOP(=O)(O)OC[C@@H](COP(=O)([O-])OC[C@H](O)COP(=O)([O-])OC[C@H](O)COP(=O)([O-])OC[C@H](O)COP(=O)([O-])OC[C@H](O)COP(=O)([O-])OC[C@H](O)CO)O[C@H]1O[C@H](CO)[C@@H](O)[C@H](O)[C@H]1O.[Na+].[Na+].[Na+].[Na+].[Na+]. The molecule has 17 atom stereocenters. The van der Waals surface area contributed by atoms with Crippen LogP contribution in [0.4, 0.5) is 0 Å². The molecule has 1 heterocycles. The van der Waals surface area contributed by atoms with Gasteiger partial charge in [-0.15, -0.1) is 0 Å². The molecule has 78 heavy (non-hydrogen) atoms. The van der Waals surface area contributed by atoms with Gasteiger partial charge in [-0.1, -0.05) is 12.8 Å². The second-order valence-electron chi connectivity index (χ2n) is 14.9. The van der Waals surface area contributed by atoms with E-state index in [0.29, 0.717) is 32.2 Å². The van der Waals surface area contributed by atoms with Gasteiger partial charge in [0.1, 0.15) is 61.0 Å². The van der Waals surface area contributed by atoms with Gasteiger partial charge in [0, 0.05) is 0 Å². The van der Waals surface area contributed by atoms with Crippen molar-refractivity contribution in [2.24, 2.45) is 5.73 Å². The first-order valence-corrected chi connectivity index (χ1v) is 29.9. The van der Waals surface area contributed by atoms with E-state index in [2.05, 4.69) is 45.2 Å². The molecule has 0 amide bonds. The zero-order valence-electron chi connectivity index (χ0n) is 43.2. The molecule has 48 heteroatoms. The van der Waals surface area contributed by atoms with E-state index in [-0.39, 0.29) is 154 Å². The summed E-state index contributed by atoms with van der Waals surface area (Å²) < 4.78 is 136. The van der Waals surface area contributed by atoms with Crippen molar-refractivity contribution in [2.45, 2.75) is 93.0 Å². The Labute approximate surface area is 557 Å². The Hall–Kier alpha value is 5.14. The summed E-state index contributed by atoms with van der Waals surface area (Å²) in [5.41, 5.74) is 5.41. The van der Waals surface area contributed by atoms with Crippen LogP contribution in [0.2, 0.25) is 0 Å². The maximum Gasteiger partial charge on any atom is 1.00 e. The van der Waals surface area contributed by atoms with E-state index in [1.807, 2.05) is 0 Å². The van der Waals surface area contributed by atoms with Crippen LogP contribution in [0.25, 0.3) is 0 Å². The van der Waals surface area contributed by atoms with E-state index in [9.17, 15) is 97.6 Å². The van der Waals surface area contributed by atoms with Gasteiger partial charge in [-0.3, -0.25) is 31.9 Å². The number of rotatable bonds is 44. The van der Waals surface area contributed by atoms with Gasteiger partial charge >= 0.3 is 156 Å². The van der Waals surface area contributed by atoms with E-state index < -0.39 is 200 Å². The van der Waals surface area contributed by atoms with Gasteiger partial charge < -0.3 is 141 Å². The molecule has 13 N–H and O–H groups in total. The Balaban J connectivity index is -0.00000355. The third kappa shape index (κ3) is 44.6. The van der Waals surface area contributed by atoms with Crippen LogP contribution >= 0.6 is 46.9 Å². The predicted octanol–water partition coefficient (Wildman–Crippen LogP) is -22.9. The standard InChI is InChI=1S/C30H67NO36P6.5Na/c31-5-3-1-2-4-6-54-68(42,43)64-18-25(66-30-29(41)28(40)27(39)26(8-33)67-30)19-65-73(52,53)63-17-24(38)16-62-72(50,51)61-15-23(37)14-60-71(48,49)59-13-22(36)12-58-70(46,47)57-11-21(35)10-56-69(44,45)55-9-20(34)7-32;;;;;/h20-30,32-41H,1-19,31H2,(H,42,43)(H,44,45)(H,46,47)(H,48,49)(H,50,51)(H,52,53);;;;;/q;5*+1/p-5/t20-,21-,22-,23-,24-,25+,26-,27-,28+,29-,30+;;;;;/m1...../s1. The molecule has 0 saturated carbocycles. The molecular formula is C30H62NNa5O36P6. The summed E-state index contributed by atoms with van der Waals surface area (Å²) in [6, 6.07) is 0.